The van der Waals surface area contributed by atoms with Crippen LogP contribution in [0.3, 0.4) is 0 Å². The summed E-state index contributed by atoms with van der Waals surface area (Å²) in [6, 6.07) is 8.45. The molecule has 0 aromatic heterocycles. The first-order chi connectivity index (χ1) is 7.43. The number of aliphatic hydroxyl groups is 1. The van der Waals surface area contributed by atoms with Crippen LogP contribution >= 0.6 is 0 Å². The van der Waals surface area contributed by atoms with Crippen molar-refractivity contribution in [3.8, 4) is 0 Å². The van der Waals surface area contributed by atoms with Crippen molar-refractivity contribution in [3.63, 3.8) is 0 Å². The molecule has 0 atom stereocenters. The van der Waals surface area contributed by atoms with Crippen LogP contribution in [0.2, 0.25) is 0 Å². The molecule has 0 bridgehead atoms. The summed E-state index contributed by atoms with van der Waals surface area (Å²) < 4.78 is 0. The largest absolute Gasteiger partial charge is 0.394 e. The van der Waals surface area contributed by atoms with Gasteiger partial charge in [-0.3, -0.25) is 0 Å². The zero-order chi connectivity index (χ0) is 12.2. The van der Waals surface area contributed by atoms with Crippen LogP contribution in [-0.2, 0) is 6.42 Å². The van der Waals surface area contributed by atoms with E-state index in [0.29, 0.717) is 5.92 Å². The van der Waals surface area contributed by atoms with Gasteiger partial charge in [-0.2, -0.15) is 0 Å². The van der Waals surface area contributed by atoms with E-state index in [1.807, 2.05) is 13.8 Å². The monoisotopic (exact) mass is 221 g/mol. The van der Waals surface area contributed by atoms with Crippen LogP contribution in [0.15, 0.2) is 24.3 Å². The van der Waals surface area contributed by atoms with Crippen LogP contribution in [0.25, 0.3) is 0 Å². The number of benzene rings is 1. The molecule has 0 fully saturated rings. The maximum absolute atomic E-state index is 9.17. The first-order valence-corrected chi connectivity index (χ1v) is 5.91. The van der Waals surface area contributed by atoms with Crippen LogP contribution in [-0.4, -0.2) is 17.3 Å². The normalized spacial score (nSPS) is 11.9. The van der Waals surface area contributed by atoms with Gasteiger partial charge in [0.25, 0.3) is 0 Å². The van der Waals surface area contributed by atoms with Crippen molar-refractivity contribution in [1.82, 2.24) is 0 Å². The number of hydrogen-bond acceptors (Lipinski definition) is 2. The molecule has 0 heterocycles. The van der Waals surface area contributed by atoms with Crippen LogP contribution in [0, 0.1) is 5.92 Å². The van der Waals surface area contributed by atoms with E-state index in [0.717, 1.165) is 12.1 Å². The van der Waals surface area contributed by atoms with Gasteiger partial charge >= 0.3 is 0 Å². The summed E-state index contributed by atoms with van der Waals surface area (Å²) in [7, 11) is 0. The minimum atomic E-state index is -0.264. The van der Waals surface area contributed by atoms with Crippen molar-refractivity contribution >= 4 is 5.69 Å². The molecule has 0 saturated carbocycles. The minimum Gasteiger partial charge on any atom is -0.394 e. The molecule has 0 unspecified atom stereocenters. The number of hydrogen-bond donors (Lipinski definition) is 2. The Balaban J connectivity index is 2.64. The van der Waals surface area contributed by atoms with Gasteiger partial charge in [0.05, 0.1) is 12.1 Å². The van der Waals surface area contributed by atoms with Crippen LogP contribution in [0.4, 0.5) is 5.69 Å². The zero-order valence-electron chi connectivity index (χ0n) is 10.7. The van der Waals surface area contributed by atoms with Crippen molar-refractivity contribution < 1.29 is 5.11 Å². The molecule has 0 aliphatic rings. The molecule has 16 heavy (non-hydrogen) atoms. The van der Waals surface area contributed by atoms with E-state index in [-0.39, 0.29) is 12.1 Å². The smallest absolute Gasteiger partial charge is 0.0656 e. The molecule has 0 spiro atoms. The molecule has 0 amide bonds. The lowest BCUT2D eigenvalue weighted by molar-refractivity contribution is 0.234. The van der Waals surface area contributed by atoms with Crippen molar-refractivity contribution in [1.29, 1.82) is 0 Å². The summed E-state index contributed by atoms with van der Waals surface area (Å²) in [5.41, 5.74) is 2.16. The first-order valence-electron chi connectivity index (χ1n) is 5.91. The Kier molecular flexibility index (Phi) is 4.36. The highest BCUT2D eigenvalue weighted by molar-refractivity contribution is 5.46. The van der Waals surface area contributed by atoms with E-state index in [1.165, 1.54) is 5.56 Å². The van der Waals surface area contributed by atoms with Gasteiger partial charge in [0, 0.05) is 5.69 Å². The van der Waals surface area contributed by atoms with Gasteiger partial charge in [0.2, 0.25) is 0 Å². The lowest BCUT2D eigenvalue weighted by Gasteiger charge is -2.25. The van der Waals surface area contributed by atoms with E-state index in [4.69, 9.17) is 5.11 Å². The minimum absolute atomic E-state index is 0.126. The molecule has 0 saturated heterocycles. The van der Waals surface area contributed by atoms with E-state index >= 15 is 0 Å². The lowest BCUT2D eigenvalue weighted by Crippen LogP contribution is -2.34. The van der Waals surface area contributed by atoms with Gasteiger partial charge in [-0.1, -0.05) is 26.0 Å². The Hall–Kier alpha value is -1.02. The fourth-order valence-electron chi connectivity index (χ4n) is 1.63. The predicted octanol–water partition coefficient (Wildman–Crippen LogP) is 3.07. The fourth-order valence-corrected chi connectivity index (χ4v) is 1.63. The maximum Gasteiger partial charge on any atom is 0.0656 e. The summed E-state index contributed by atoms with van der Waals surface area (Å²) in [5, 5.41) is 12.5. The van der Waals surface area contributed by atoms with Crippen LogP contribution < -0.4 is 5.32 Å². The van der Waals surface area contributed by atoms with Gasteiger partial charge < -0.3 is 10.4 Å². The molecular formula is C14H23NO. The van der Waals surface area contributed by atoms with Crippen LogP contribution in [0.1, 0.15) is 33.3 Å². The first kappa shape index (κ1) is 13.0. The topological polar surface area (TPSA) is 32.3 Å². The molecular weight excluding hydrogens is 198 g/mol. The molecule has 0 aliphatic carbocycles. The van der Waals surface area contributed by atoms with Crippen molar-refractivity contribution in [2.75, 3.05) is 11.9 Å². The molecule has 0 radical (unpaired) electrons. The van der Waals surface area contributed by atoms with E-state index in [2.05, 4.69) is 43.4 Å². The SMILES string of the molecule is CC(C)Cc1ccc(NC(C)(C)CO)cc1. The summed E-state index contributed by atoms with van der Waals surface area (Å²) in [6.45, 7) is 8.53. The highest BCUT2D eigenvalue weighted by atomic mass is 16.3. The third kappa shape index (κ3) is 4.23. The Bertz CT molecular complexity index is 314. The Morgan fingerprint density at radius 2 is 1.75 bits per heavy atom. The molecule has 2 N–H and O–H groups in total. The summed E-state index contributed by atoms with van der Waals surface area (Å²) in [5.74, 6) is 0.688. The Morgan fingerprint density at radius 1 is 1.19 bits per heavy atom. The highest BCUT2D eigenvalue weighted by Crippen LogP contribution is 2.17. The molecule has 1 rings (SSSR count). The number of anilines is 1. The number of aliphatic hydroxyl groups excluding tert-OH is 1. The second-order valence-electron chi connectivity index (χ2n) is 5.46. The van der Waals surface area contributed by atoms with Crippen LogP contribution in [0.5, 0.6) is 0 Å². The number of nitrogens with one attached hydrogen (secondary N) is 1. The third-order valence-corrected chi connectivity index (χ3v) is 2.48. The molecule has 2 nitrogen and oxygen atoms in total. The highest BCUT2D eigenvalue weighted by Gasteiger charge is 2.15. The molecule has 2 heteroatoms. The van der Waals surface area contributed by atoms with Gasteiger partial charge in [0.15, 0.2) is 0 Å². The summed E-state index contributed by atoms with van der Waals surface area (Å²) >= 11 is 0. The average molecular weight is 221 g/mol. The predicted molar refractivity (Wildman–Crippen MR) is 69.8 cm³/mol. The van der Waals surface area contributed by atoms with Crippen molar-refractivity contribution in [3.05, 3.63) is 29.8 Å². The van der Waals surface area contributed by atoms with Gasteiger partial charge in [-0.25, -0.2) is 0 Å². The molecule has 90 valence electrons. The van der Waals surface area contributed by atoms with Crippen molar-refractivity contribution in [2.45, 2.75) is 39.7 Å². The lowest BCUT2D eigenvalue weighted by atomic mass is 10.0. The van der Waals surface area contributed by atoms with E-state index in [1.54, 1.807) is 0 Å². The third-order valence-electron chi connectivity index (χ3n) is 2.48. The second-order valence-corrected chi connectivity index (χ2v) is 5.46. The fraction of sp³-hybridized carbons (Fsp3) is 0.571. The molecule has 0 aliphatic heterocycles. The summed E-state index contributed by atoms with van der Waals surface area (Å²) in [6.07, 6.45) is 1.11. The van der Waals surface area contributed by atoms with Gasteiger partial charge in [-0.15, -0.1) is 0 Å². The molecule has 1 aromatic rings. The Morgan fingerprint density at radius 3 is 2.19 bits per heavy atom. The average Bonchev–Trinajstić information content (AvgIpc) is 2.20. The Labute approximate surface area is 98.7 Å². The maximum atomic E-state index is 9.17. The van der Waals surface area contributed by atoms with Gasteiger partial charge in [0.1, 0.15) is 0 Å². The summed E-state index contributed by atoms with van der Waals surface area (Å²) in [4.78, 5) is 0. The van der Waals surface area contributed by atoms with E-state index < -0.39 is 0 Å². The zero-order valence-corrected chi connectivity index (χ0v) is 10.7. The van der Waals surface area contributed by atoms with Gasteiger partial charge in [-0.05, 0) is 43.9 Å². The number of rotatable bonds is 5. The van der Waals surface area contributed by atoms with E-state index in [9.17, 15) is 0 Å². The quantitative estimate of drug-likeness (QED) is 0.801. The second kappa shape index (κ2) is 5.35. The standard InChI is InChI=1S/C14H23NO/c1-11(2)9-12-5-7-13(8-6-12)15-14(3,4)10-16/h5-8,11,15-16H,9-10H2,1-4H3. The molecule has 1 aromatic carbocycles. The van der Waals surface area contributed by atoms with Crippen molar-refractivity contribution in [2.24, 2.45) is 5.92 Å².